The molecule has 3 aliphatic rings. The second-order valence-corrected chi connectivity index (χ2v) is 6.91. The highest BCUT2D eigenvalue weighted by Crippen LogP contribution is 2.31. The average Bonchev–Trinajstić information content (AvgIpc) is 3.19. The Kier molecular flexibility index (Phi) is 4.87. The summed E-state index contributed by atoms with van der Waals surface area (Å²) in [7, 11) is 0. The van der Waals surface area contributed by atoms with Crippen molar-refractivity contribution in [2.75, 3.05) is 18.0 Å². The van der Waals surface area contributed by atoms with Crippen molar-refractivity contribution >= 4 is 17.5 Å². The van der Waals surface area contributed by atoms with E-state index in [9.17, 15) is 14.0 Å². The third kappa shape index (κ3) is 3.84. The number of ether oxygens (including phenoxy) is 3. The smallest absolute Gasteiger partial charge is 0.267 e. The number of imide groups is 1. The molecule has 1 unspecified atom stereocenters. The lowest BCUT2D eigenvalue weighted by molar-refractivity contribution is -0.138. The zero-order chi connectivity index (χ0) is 18.8. The number of carbonyl (C=O) groups is 2. The van der Waals surface area contributed by atoms with Crippen LogP contribution in [-0.4, -0.2) is 37.3 Å². The highest BCUT2D eigenvalue weighted by Gasteiger charge is 2.31. The van der Waals surface area contributed by atoms with Crippen LogP contribution in [0.3, 0.4) is 0 Å². The Morgan fingerprint density at radius 3 is 2.52 bits per heavy atom. The van der Waals surface area contributed by atoms with Crippen molar-refractivity contribution in [3.8, 4) is 5.75 Å². The van der Waals surface area contributed by atoms with Crippen LogP contribution >= 0.6 is 0 Å². The van der Waals surface area contributed by atoms with Crippen molar-refractivity contribution in [2.45, 2.75) is 38.1 Å². The summed E-state index contributed by atoms with van der Waals surface area (Å²) >= 11 is 0. The average molecular weight is 376 g/mol. The molecule has 144 valence electrons. The molecule has 2 fully saturated rings. The maximum Gasteiger partial charge on any atom is 0.267 e. The quantitative estimate of drug-likeness (QED) is 0.811. The van der Waals surface area contributed by atoms with Gasteiger partial charge >= 0.3 is 0 Å². The molecule has 1 aromatic carbocycles. The molecule has 1 aromatic rings. The van der Waals surface area contributed by atoms with Gasteiger partial charge in [-0.3, -0.25) is 14.9 Å². The standard InChI is InChI=1S/C19H21FN2O5/c20-14-11-13(27-16-3-4-17(23)21-18(16)24)1-2-15(14)22-7-5-12(6-8-22)19-25-9-10-26-19/h1-2,9-12,16,19H,3-8H2,(H,21,23,24). The Bertz CT molecular complexity index is 752. The Hall–Kier alpha value is -2.77. The van der Waals surface area contributed by atoms with Crippen LogP contribution < -0.4 is 15.0 Å². The van der Waals surface area contributed by atoms with Gasteiger partial charge in [0.15, 0.2) is 6.10 Å². The minimum atomic E-state index is -0.774. The summed E-state index contributed by atoms with van der Waals surface area (Å²) in [5.74, 6) is -0.625. The molecule has 0 spiro atoms. The number of rotatable bonds is 4. The zero-order valence-electron chi connectivity index (χ0n) is 14.7. The molecule has 2 amide bonds. The number of amides is 2. The highest BCUT2D eigenvalue weighted by atomic mass is 19.1. The molecule has 3 aliphatic heterocycles. The first kappa shape index (κ1) is 17.6. The topological polar surface area (TPSA) is 77.1 Å². The predicted molar refractivity (Wildman–Crippen MR) is 93.2 cm³/mol. The van der Waals surface area contributed by atoms with Gasteiger partial charge in [-0.15, -0.1) is 0 Å². The van der Waals surface area contributed by atoms with Gasteiger partial charge in [0.1, 0.15) is 24.1 Å². The van der Waals surface area contributed by atoms with Crippen molar-refractivity contribution in [3.63, 3.8) is 0 Å². The maximum absolute atomic E-state index is 14.6. The first-order valence-electron chi connectivity index (χ1n) is 9.11. The van der Waals surface area contributed by atoms with E-state index in [2.05, 4.69) is 5.32 Å². The summed E-state index contributed by atoms with van der Waals surface area (Å²) in [6, 6.07) is 4.61. The van der Waals surface area contributed by atoms with Crippen LogP contribution in [0.5, 0.6) is 5.75 Å². The van der Waals surface area contributed by atoms with Gasteiger partial charge in [0.25, 0.3) is 5.91 Å². The largest absolute Gasteiger partial charge is 0.480 e. The molecule has 0 aromatic heterocycles. The van der Waals surface area contributed by atoms with E-state index in [1.807, 2.05) is 4.90 Å². The van der Waals surface area contributed by atoms with Crippen LogP contribution in [-0.2, 0) is 19.1 Å². The van der Waals surface area contributed by atoms with Gasteiger partial charge in [-0.1, -0.05) is 0 Å². The molecular formula is C19H21FN2O5. The fourth-order valence-electron chi connectivity index (χ4n) is 3.65. The Morgan fingerprint density at radius 1 is 1.11 bits per heavy atom. The minimum Gasteiger partial charge on any atom is -0.480 e. The summed E-state index contributed by atoms with van der Waals surface area (Å²) in [6.45, 7) is 1.41. The fourth-order valence-corrected chi connectivity index (χ4v) is 3.65. The van der Waals surface area contributed by atoms with Crippen LogP contribution in [0.1, 0.15) is 25.7 Å². The number of carbonyl (C=O) groups excluding carboxylic acids is 2. The monoisotopic (exact) mass is 376 g/mol. The summed E-state index contributed by atoms with van der Waals surface area (Å²) < 4.78 is 31.0. The van der Waals surface area contributed by atoms with Crippen LogP contribution in [0, 0.1) is 11.7 Å². The van der Waals surface area contributed by atoms with Gasteiger partial charge in [0, 0.05) is 37.9 Å². The second kappa shape index (κ2) is 7.46. The van der Waals surface area contributed by atoms with E-state index in [4.69, 9.17) is 14.2 Å². The number of hydrogen-bond acceptors (Lipinski definition) is 6. The Balaban J connectivity index is 1.36. The van der Waals surface area contributed by atoms with Crippen LogP contribution in [0.25, 0.3) is 0 Å². The van der Waals surface area contributed by atoms with Gasteiger partial charge in [-0.25, -0.2) is 4.39 Å². The van der Waals surface area contributed by atoms with Crippen LogP contribution in [0.4, 0.5) is 10.1 Å². The fraction of sp³-hybridized carbons (Fsp3) is 0.474. The summed E-state index contributed by atoms with van der Waals surface area (Å²) in [6.07, 6.45) is 4.30. The van der Waals surface area contributed by atoms with Crippen molar-refractivity contribution in [1.82, 2.24) is 5.32 Å². The first-order chi connectivity index (χ1) is 13.1. The molecule has 0 bridgehead atoms. The highest BCUT2D eigenvalue weighted by molar-refractivity contribution is 5.99. The molecule has 0 radical (unpaired) electrons. The molecule has 2 saturated heterocycles. The lowest BCUT2D eigenvalue weighted by atomic mass is 9.95. The molecule has 3 heterocycles. The van der Waals surface area contributed by atoms with E-state index in [1.54, 1.807) is 24.7 Å². The van der Waals surface area contributed by atoms with Crippen LogP contribution in [0.15, 0.2) is 30.7 Å². The summed E-state index contributed by atoms with van der Waals surface area (Å²) in [5.41, 5.74) is 0.510. The number of piperidine rings is 2. The van der Waals surface area contributed by atoms with Gasteiger partial charge in [-0.2, -0.15) is 0 Å². The normalized spacial score (nSPS) is 23.7. The van der Waals surface area contributed by atoms with Crippen molar-refractivity contribution in [3.05, 3.63) is 36.5 Å². The Morgan fingerprint density at radius 2 is 1.85 bits per heavy atom. The number of anilines is 1. The van der Waals surface area contributed by atoms with E-state index < -0.39 is 17.8 Å². The Labute approximate surface area is 156 Å². The molecule has 0 saturated carbocycles. The van der Waals surface area contributed by atoms with E-state index in [0.717, 1.165) is 12.8 Å². The molecule has 7 nitrogen and oxygen atoms in total. The number of nitrogens with zero attached hydrogens (tertiary/aromatic N) is 1. The van der Waals surface area contributed by atoms with Crippen molar-refractivity contribution in [2.24, 2.45) is 5.92 Å². The first-order valence-corrected chi connectivity index (χ1v) is 9.11. The zero-order valence-corrected chi connectivity index (χ0v) is 14.7. The van der Waals surface area contributed by atoms with Crippen molar-refractivity contribution < 1.29 is 28.2 Å². The van der Waals surface area contributed by atoms with Gasteiger partial charge in [0.2, 0.25) is 12.2 Å². The van der Waals surface area contributed by atoms with Crippen molar-refractivity contribution in [1.29, 1.82) is 0 Å². The number of nitrogens with one attached hydrogen (secondary N) is 1. The lowest BCUT2D eigenvalue weighted by Crippen LogP contribution is -2.46. The van der Waals surface area contributed by atoms with Gasteiger partial charge in [-0.05, 0) is 25.0 Å². The maximum atomic E-state index is 14.6. The van der Waals surface area contributed by atoms with E-state index >= 15 is 0 Å². The van der Waals surface area contributed by atoms with Crippen LogP contribution in [0.2, 0.25) is 0 Å². The molecule has 4 rings (SSSR count). The van der Waals surface area contributed by atoms with E-state index in [-0.39, 0.29) is 30.3 Å². The molecule has 0 aliphatic carbocycles. The predicted octanol–water partition coefficient (Wildman–Crippen LogP) is 2.07. The van der Waals surface area contributed by atoms with E-state index in [1.165, 1.54) is 6.07 Å². The molecular weight excluding hydrogens is 355 g/mol. The molecule has 27 heavy (non-hydrogen) atoms. The number of halogens is 1. The molecule has 1 atom stereocenters. The van der Waals surface area contributed by atoms with E-state index in [0.29, 0.717) is 25.2 Å². The third-order valence-corrected chi connectivity index (χ3v) is 5.13. The third-order valence-electron chi connectivity index (χ3n) is 5.13. The summed E-state index contributed by atoms with van der Waals surface area (Å²) in [5, 5.41) is 2.22. The molecule has 1 N–H and O–H groups in total. The number of hydrogen-bond donors (Lipinski definition) is 1. The SMILES string of the molecule is O=C1CCC(Oc2ccc(N3CCC(C4OC=CO4)CC3)c(F)c2)C(=O)N1. The van der Waals surface area contributed by atoms with Gasteiger partial charge < -0.3 is 19.1 Å². The minimum absolute atomic E-state index is 0.218. The number of benzene rings is 1. The van der Waals surface area contributed by atoms with Gasteiger partial charge in [0.05, 0.1) is 5.69 Å². The lowest BCUT2D eigenvalue weighted by Gasteiger charge is -2.35. The molecule has 8 heteroatoms. The summed E-state index contributed by atoms with van der Waals surface area (Å²) in [4.78, 5) is 24.9. The second-order valence-electron chi connectivity index (χ2n) is 6.91.